The molecule has 0 rings (SSSR count). The fourth-order valence-corrected chi connectivity index (χ4v) is 4.08. The summed E-state index contributed by atoms with van der Waals surface area (Å²) < 4.78 is 31.7. The van der Waals surface area contributed by atoms with E-state index in [9.17, 15) is 14.2 Å². The lowest BCUT2D eigenvalue weighted by atomic mass is 10.1. The molecule has 0 bridgehead atoms. The highest BCUT2D eigenvalue weighted by atomic mass is 31.2. The number of ether oxygens (including phenoxy) is 3. The lowest BCUT2D eigenvalue weighted by molar-refractivity contribution is -0.158. The molecule has 0 fully saturated rings. The van der Waals surface area contributed by atoms with E-state index in [1.54, 1.807) is 0 Å². The number of amides is 1. The van der Waals surface area contributed by atoms with E-state index in [1.807, 2.05) is 0 Å². The SMILES string of the molecule is CCCCCCCCCCCCC(=O)O[C@H](COCOCCCCCCCNC(C)=O)COP(=O)(O)O. The molecule has 1 atom stereocenters. The monoisotopic (exact) mass is 553 g/mol. The molecule has 220 valence electrons. The van der Waals surface area contributed by atoms with Gasteiger partial charge in [0.15, 0.2) is 0 Å². The van der Waals surface area contributed by atoms with Crippen molar-refractivity contribution in [1.82, 2.24) is 5.32 Å². The molecule has 0 heterocycles. The van der Waals surface area contributed by atoms with Crippen LogP contribution in [0.5, 0.6) is 0 Å². The zero-order valence-electron chi connectivity index (χ0n) is 23.1. The van der Waals surface area contributed by atoms with Crippen LogP contribution in [-0.2, 0) is 32.9 Å². The first-order valence-corrected chi connectivity index (χ1v) is 15.6. The topological polar surface area (TPSA) is 141 Å². The van der Waals surface area contributed by atoms with E-state index >= 15 is 0 Å². The van der Waals surface area contributed by atoms with Crippen molar-refractivity contribution in [2.45, 2.75) is 123 Å². The molecule has 3 N–H and O–H groups in total. The average molecular weight is 554 g/mol. The van der Waals surface area contributed by atoms with E-state index in [4.69, 9.17) is 24.0 Å². The van der Waals surface area contributed by atoms with Crippen LogP contribution in [0.2, 0.25) is 0 Å². The van der Waals surface area contributed by atoms with Gasteiger partial charge in [-0.05, 0) is 19.3 Å². The van der Waals surface area contributed by atoms with E-state index in [0.717, 1.165) is 51.4 Å². The Hall–Kier alpha value is -1.03. The minimum atomic E-state index is -4.68. The number of esters is 1. The van der Waals surface area contributed by atoms with Crippen molar-refractivity contribution in [1.29, 1.82) is 0 Å². The number of carbonyl (C=O) groups is 2. The molecule has 10 nitrogen and oxygen atoms in total. The first-order chi connectivity index (χ1) is 17.7. The maximum Gasteiger partial charge on any atom is 0.469 e. The largest absolute Gasteiger partial charge is 0.469 e. The summed E-state index contributed by atoms with van der Waals surface area (Å²) >= 11 is 0. The number of nitrogens with one attached hydrogen (secondary N) is 1. The van der Waals surface area contributed by atoms with Crippen LogP contribution in [0.15, 0.2) is 0 Å². The zero-order valence-corrected chi connectivity index (χ0v) is 24.0. The van der Waals surface area contributed by atoms with Crippen LogP contribution in [0.25, 0.3) is 0 Å². The Morgan fingerprint density at radius 3 is 1.95 bits per heavy atom. The summed E-state index contributed by atoms with van der Waals surface area (Å²) in [6, 6.07) is 0. The van der Waals surface area contributed by atoms with Crippen LogP contribution >= 0.6 is 7.82 Å². The summed E-state index contributed by atoms with van der Waals surface area (Å²) in [5.41, 5.74) is 0. The minimum Gasteiger partial charge on any atom is -0.457 e. The molecule has 11 heteroatoms. The molecule has 0 aromatic carbocycles. The summed E-state index contributed by atoms with van der Waals surface area (Å²) in [7, 11) is -4.68. The van der Waals surface area contributed by atoms with Crippen LogP contribution in [0.1, 0.15) is 117 Å². The van der Waals surface area contributed by atoms with Crippen molar-refractivity contribution in [2.75, 3.05) is 33.2 Å². The first-order valence-electron chi connectivity index (χ1n) is 14.0. The van der Waals surface area contributed by atoms with Gasteiger partial charge in [0.1, 0.15) is 12.9 Å². The third-order valence-electron chi connectivity index (χ3n) is 5.77. The molecule has 0 spiro atoms. The Bertz CT molecular complexity index is 601. The van der Waals surface area contributed by atoms with E-state index in [2.05, 4.69) is 16.8 Å². The van der Waals surface area contributed by atoms with Gasteiger partial charge in [0.05, 0.1) is 13.2 Å². The van der Waals surface area contributed by atoms with Gasteiger partial charge < -0.3 is 29.3 Å². The highest BCUT2D eigenvalue weighted by Crippen LogP contribution is 2.35. The second-order valence-corrected chi connectivity index (χ2v) is 10.7. The van der Waals surface area contributed by atoms with Gasteiger partial charge in [0.25, 0.3) is 0 Å². The summed E-state index contributed by atoms with van der Waals surface area (Å²) in [4.78, 5) is 40.9. The van der Waals surface area contributed by atoms with Crippen molar-refractivity contribution >= 4 is 19.7 Å². The van der Waals surface area contributed by atoms with Crippen molar-refractivity contribution in [3.63, 3.8) is 0 Å². The number of phosphoric ester groups is 1. The third-order valence-corrected chi connectivity index (χ3v) is 6.26. The molecule has 0 saturated carbocycles. The Morgan fingerprint density at radius 2 is 1.35 bits per heavy atom. The highest BCUT2D eigenvalue weighted by molar-refractivity contribution is 7.46. The van der Waals surface area contributed by atoms with E-state index in [-0.39, 0.29) is 25.7 Å². The van der Waals surface area contributed by atoms with Crippen LogP contribution in [0.4, 0.5) is 0 Å². The van der Waals surface area contributed by atoms with Crippen molar-refractivity contribution in [3.8, 4) is 0 Å². The Morgan fingerprint density at radius 1 is 0.784 bits per heavy atom. The van der Waals surface area contributed by atoms with Gasteiger partial charge in [0.2, 0.25) is 5.91 Å². The van der Waals surface area contributed by atoms with Crippen LogP contribution in [-0.4, -0.2) is 60.9 Å². The molecule has 0 aliphatic heterocycles. The quantitative estimate of drug-likeness (QED) is 0.0528. The fourth-order valence-electron chi connectivity index (χ4n) is 3.72. The van der Waals surface area contributed by atoms with Gasteiger partial charge in [-0.2, -0.15) is 0 Å². The minimum absolute atomic E-state index is 0.00668. The zero-order chi connectivity index (χ0) is 27.6. The van der Waals surface area contributed by atoms with Gasteiger partial charge in [-0.3, -0.25) is 14.1 Å². The highest BCUT2D eigenvalue weighted by Gasteiger charge is 2.21. The molecular weight excluding hydrogens is 501 g/mol. The Kier molecular flexibility index (Phi) is 24.6. The molecule has 0 radical (unpaired) electrons. The van der Waals surface area contributed by atoms with Gasteiger partial charge in [-0.15, -0.1) is 0 Å². The number of carbonyl (C=O) groups excluding carboxylic acids is 2. The number of phosphoric acid groups is 1. The second-order valence-electron chi connectivity index (χ2n) is 9.48. The summed E-state index contributed by atoms with van der Waals surface area (Å²) in [6.45, 7) is 4.41. The van der Waals surface area contributed by atoms with Crippen molar-refractivity contribution < 1.29 is 42.7 Å². The maximum atomic E-state index is 12.2. The molecular formula is C26H52NO9P. The van der Waals surface area contributed by atoms with E-state index in [0.29, 0.717) is 13.2 Å². The molecule has 0 aromatic rings. The first kappa shape index (κ1) is 36.0. The normalized spacial score (nSPS) is 12.4. The number of rotatable bonds is 27. The second kappa shape index (κ2) is 25.3. The van der Waals surface area contributed by atoms with Crippen LogP contribution in [0, 0.1) is 0 Å². The molecule has 37 heavy (non-hydrogen) atoms. The lowest BCUT2D eigenvalue weighted by Crippen LogP contribution is -2.28. The van der Waals surface area contributed by atoms with Crippen molar-refractivity contribution in [2.24, 2.45) is 0 Å². The molecule has 0 aromatic heterocycles. The standard InChI is InChI=1S/C26H52NO9P/c1-3-4-5-6-7-8-9-10-12-15-18-26(29)36-25(22-35-37(30,31)32)21-34-23-33-20-17-14-11-13-16-19-27-24(2)28/h25H,3-23H2,1-2H3,(H,27,28)(H2,30,31,32)/t25-/m1/s1. The van der Waals surface area contributed by atoms with Crippen LogP contribution in [0.3, 0.4) is 0 Å². The smallest absolute Gasteiger partial charge is 0.457 e. The van der Waals surface area contributed by atoms with Gasteiger partial charge in [-0.1, -0.05) is 84.0 Å². The van der Waals surface area contributed by atoms with Gasteiger partial charge in [0, 0.05) is 26.5 Å². The van der Waals surface area contributed by atoms with Crippen LogP contribution < -0.4 is 5.32 Å². The van der Waals surface area contributed by atoms with Gasteiger partial charge in [-0.25, -0.2) is 4.57 Å². The molecule has 0 saturated heterocycles. The van der Waals surface area contributed by atoms with E-state index < -0.39 is 26.5 Å². The molecule has 0 aliphatic carbocycles. The summed E-state index contributed by atoms with van der Waals surface area (Å²) in [5, 5.41) is 2.77. The molecule has 1 amide bonds. The van der Waals surface area contributed by atoms with Gasteiger partial charge >= 0.3 is 13.8 Å². The number of unbranched alkanes of at least 4 members (excludes halogenated alkanes) is 13. The Balaban J connectivity index is 3.90. The summed E-state index contributed by atoms with van der Waals surface area (Å²) in [6.07, 6.45) is 15.9. The maximum absolute atomic E-state index is 12.2. The number of hydrogen-bond donors (Lipinski definition) is 3. The van der Waals surface area contributed by atoms with E-state index in [1.165, 1.54) is 51.9 Å². The fraction of sp³-hybridized carbons (Fsp3) is 0.923. The summed E-state index contributed by atoms with van der Waals surface area (Å²) in [5.74, 6) is -0.435. The Labute approximate surface area is 223 Å². The third kappa shape index (κ3) is 29.4. The molecule has 0 aliphatic rings. The molecule has 0 unspecified atom stereocenters. The average Bonchev–Trinajstić information content (AvgIpc) is 2.83. The lowest BCUT2D eigenvalue weighted by Gasteiger charge is -2.18. The number of hydrogen-bond acceptors (Lipinski definition) is 7. The predicted molar refractivity (Wildman–Crippen MR) is 143 cm³/mol. The predicted octanol–water partition coefficient (Wildman–Crippen LogP) is 5.40. The van der Waals surface area contributed by atoms with Crippen molar-refractivity contribution in [3.05, 3.63) is 0 Å².